The fourth-order valence-electron chi connectivity index (χ4n) is 2.07. The second kappa shape index (κ2) is 8.53. The molecule has 2 nitrogen and oxygen atoms in total. The molecule has 0 saturated carbocycles. The third-order valence-electron chi connectivity index (χ3n) is 3.27. The molecule has 3 rings (SSSR count). The zero-order valence-corrected chi connectivity index (χ0v) is 12.4. The van der Waals surface area contributed by atoms with E-state index in [1.165, 1.54) is 5.56 Å². The molecule has 2 heteroatoms. The van der Waals surface area contributed by atoms with Gasteiger partial charge in [-0.2, -0.15) is 0 Å². The van der Waals surface area contributed by atoms with Crippen LogP contribution in [0.3, 0.4) is 0 Å². The van der Waals surface area contributed by atoms with Crippen LogP contribution < -0.4 is 0 Å². The van der Waals surface area contributed by atoms with Crippen molar-refractivity contribution in [2.45, 2.75) is 12.8 Å². The number of phenols is 2. The molecule has 0 radical (unpaired) electrons. The van der Waals surface area contributed by atoms with E-state index in [2.05, 4.69) is 12.1 Å². The summed E-state index contributed by atoms with van der Waals surface area (Å²) < 4.78 is 0. The molecule has 2 N–H and O–H groups in total. The van der Waals surface area contributed by atoms with E-state index < -0.39 is 0 Å². The fraction of sp³-hybridized carbons (Fsp3) is 0.100. The van der Waals surface area contributed by atoms with Gasteiger partial charge in [-0.05, 0) is 42.2 Å². The van der Waals surface area contributed by atoms with Crippen LogP contribution in [-0.4, -0.2) is 10.2 Å². The minimum Gasteiger partial charge on any atom is -0.508 e. The summed E-state index contributed by atoms with van der Waals surface area (Å²) in [4.78, 5) is 0. The first-order valence-electron chi connectivity index (χ1n) is 7.30. The predicted molar refractivity (Wildman–Crippen MR) is 90.1 cm³/mol. The summed E-state index contributed by atoms with van der Waals surface area (Å²) >= 11 is 0. The molecular formula is C20H20O2. The van der Waals surface area contributed by atoms with Crippen molar-refractivity contribution in [2.24, 2.45) is 0 Å². The van der Waals surface area contributed by atoms with Crippen molar-refractivity contribution in [3.63, 3.8) is 0 Å². The van der Waals surface area contributed by atoms with Gasteiger partial charge in [0.2, 0.25) is 0 Å². The summed E-state index contributed by atoms with van der Waals surface area (Å²) in [6.45, 7) is 0. The number of phenolic OH excluding ortho intramolecular Hbond substituents is 2. The number of hydrogen-bond donors (Lipinski definition) is 2. The average molecular weight is 292 g/mol. The van der Waals surface area contributed by atoms with Crippen molar-refractivity contribution in [3.8, 4) is 11.5 Å². The molecule has 0 unspecified atom stereocenters. The van der Waals surface area contributed by atoms with E-state index in [4.69, 9.17) is 5.11 Å². The van der Waals surface area contributed by atoms with Crippen LogP contribution in [0.5, 0.6) is 11.5 Å². The van der Waals surface area contributed by atoms with Crippen molar-refractivity contribution in [1.29, 1.82) is 0 Å². The molecular weight excluding hydrogens is 272 g/mol. The molecule has 0 aromatic heterocycles. The van der Waals surface area contributed by atoms with E-state index in [1.807, 2.05) is 42.5 Å². The van der Waals surface area contributed by atoms with Gasteiger partial charge in [0.25, 0.3) is 0 Å². The first kappa shape index (κ1) is 15.6. The number of benzene rings is 3. The molecule has 0 heterocycles. The Labute approximate surface area is 131 Å². The van der Waals surface area contributed by atoms with Gasteiger partial charge in [-0.25, -0.2) is 0 Å². The van der Waals surface area contributed by atoms with Crippen LogP contribution in [-0.2, 0) is 12.8 Å². The Morgan fingerprint density at radius 3 is 1.64 bits per heavy atom. The van der Waals surface area contributed by atoms with E-state index in [0.717, 1.165) is 18.4 Å². The largest absolute Gasteiger partial charge is 0.508 e. The third-order valence-corrected chi connectivity index (χ3v) is 3.27. The lowest BCUT2D eigenvalue weighted by molar-refractivity contribution is 0.468. The smallest absolute Gasteiger partial charge is 0.118 e. The van der Waals surface area contributed by atoms with Crippen LogP contribution >= 0.6 is 0 Å². The Morgan fingerprint density at radius 2 is 1.09 bits per heavy atom. The average Bonchev–Trinajstić information content (AvgIpc) is 2.56. The summed E-state index contributed by atoms with van der Waals surface area (Å²) in [6, 6.07) is 26.5. The molecule has 0 fully saturated rings. The molecule has 3 aromatic rings. The van der Waals surface area contributed by atoms with Crippen LogP contribution in [0.15, 0.2) is 84.9 Å². The van der Waals surface area contributed by atoms with Crippen LogP contribution in [0.4, 0.5) is 0 Å². The molecule has 0 spiro atoms. The standard InChI is InChI=1S/C14H14O.C6H6O/c15-14-9-5-4-8-13(14)11-10-12-6-2-1-3-7-12;7-6-4-2-1-3-5-6/h1-9,15H,10-11H2;1-5,7H. The first-order valence-corrected chi connectivity index (χ1v) is 7.30. The summed E-state index contributed by atoms with van der Waals surface area (Å²) in [6.07, 6.45) is 1.86. The minimum atomic E-state index is 0.322. The van der Waals surface area contributed by atoms with Crippen molar-refractivity contribution in [2.75, 3.05) is 0 Å². The maximum atomic E-state index is 9.59. The second-order valence-electron chi connectivity index (χ2n) is 4.95. The Kier molecular flexibility index (Phi) is 6.06. The highest BCUT2D eigenvalue weighted by Crippen LogP contribution is 2.17. The van der Waals surface area contributed by atoms with Gasteiger partial charge in [-0.3, -0.25) is 0 Å². The summed E-state index contributed by atoms with van der Waals surface area (Å²) in [5.41, 5.74) is 2.32. The van der Waals surface area contributed by atoms with Crippen molar-refractivity contribution >= 4 is 0 Å². The quantitative estimate of drug-likeness (QED) is 0.742. The molecule has 22 heavy (non-hydrogen) atoms. The normalized spacial score (nSPS) is 9.64. The zero-order chi connectivity index (χ0) is 15.6. The van der Waals surface area contributed by atoms with E-state index in [-0.39, 0.29) is 0 Å². The van der Waals surface area contributed by atoms with Crippen LogP contribution in [0.2, 0.25) is 0 Å². The van der Waals surface area contributed by atoms with E-state index in [0.29, 0.717) is 11.5 Å². The van der Waals surface area contributed by atoms with Gasteiger partial charge in [0, 0.05) is 0 Å². The van der Waals surface area contributed by atoms with E-state index in [9.17, 15) is 5.11 Å². The van der Waals surface area contributed by atoms with Crippen LogP contribution in [0.1, 0.15) is 11.1 Å². The Morgan fingerprint density at radius 1 is 0.545 bits per heavy atom. The molecule has 3 aromatic carbocycles. The third kappa shape index (κ3) is 5.33. The predicted octanol–water partition coefficient (Wildman–Crippen LogP) is 4.57. The molecule has 0 atom stereocenters. The van der Waals surface area contributed by atoms with Crippen molar-refractivity contribution in [3.05, 3.63) is 96.1 Å². The molecule has 0 aliphatic carbocycles. The summed E-state index contributed by atoms with van der Waals surface area (Å²) in [5, 5.41) is 18.2. The number of rotatable bonds is 3. The molecule has 0 amide bonds. The molecule has 0 aliphatic heterocycles. The highest BCUT2D eigenvalue weighted by Gasteiger charge is 1.99. The number of hydrogen-bond acceptors (Lipinski definition) is 2. The van der Waals surface area contributed by atoms with Gasteiger partial charge in [0.05, 0.1) is 0 Å². The van der Waals surface area contributed by atoms with Gasteiger partial charge in [-0.1, -0.05) is 66.7 Å². The Hall–Kier alpha value is -2.74. The molecule has 112 valence electrons. The lowest BCUT2D eigenvalue weighted by Crippen LogP contribution is -1.91. The zero-order valence-electron chi connectivity index (χ0n) is 12.4. The van der Waals surface area contributed by atoms with Crippen molar-refractivity contribution < 1.29 is 10.2 Å². The number of aromatic hydroxyl groups is 2. The highest BCUT2D eigenvalue weighted by molar-refractivity contribution is 5.32. The lowest BCUT2D eigenvalue weighted by Gasteiger charge is -2.03. The highest BCUT2D eigenvalue weighted by atomic mass is 16.3. The van der Waals surface area contributed by atoms with Crippen LogP contribution in [0, 0.1) is 0 Å². The van der Waals surface area contributed by atoms with E-state index in [1.54, 1.807) is 30.3 Å². The first-order chi connectivity index (χ1) is 10.8. The van der Waals surface area contributed by atoms with Crippen molar-refractivity contribution in [1.82, 2.24) is 0 Å². The van der Waals surface area contributed by atoms with Crippen LogP contribution in [0.25, 0.3) is 0 Å². The second-order valence-corrected chi connectivity index (χ2v) is 4.95. The maximum absolute atomic E-state index is 9.59. The number of aryl methyl sites for hydroxylation is 2. The molecule has 0 aliphatic rings. The SMILES string of the molecule is Oc1ccccc1.Oc1ccccc1CCc1ccccc1. The summed E-state index contributed by atoms with van der Waals surface area (Å²) in [7, 11) is 0. The topological polar surface area (TPSA) is 40.5 Å². The summed E-state index contributed by atoms with van der Waals surface area (Å²) in [5.74, 6) is 0.718. The Bertz CT molecular complexity index is 664. The van der Waals surface area contributed by atoms with E-state index >= 15 is 0 Å². The van der Waals surface area contributed by atoms with Gasteiger partial charge < -0.3 is 10.2 Å². The molecule has 0 saturated heterocycles. The number of para-hydroxylation sites is 2. The van der Waals surface area contributed by atoms with Gasteiger partial charge in [0.15, 0.2) is 0 Å². The molecule has 0 bridgehead atoms. The van der Waals surface area contributed by atoms with Gasteiger partial charge in [-0.15, -0.1) is 0 Å². The van der Waals surface area contributed by atoms with Gasteiger partial charge >= 0.3 is 0 Å². The Balaban J connectivity index is 0.000000211. The maximum Gasteiger partial charge on any atom is 0.118 e. The van der Waals surface area contributed by atoms with Gasteiger partial charge in [0.1, 0.15) is 11.5 Å². The fourth-order valence-corrected chi connectivity index (χ4v) is 2.07. The monoisotopic (exact) mass is 292 g/mol. The minimum absolute atomic E-state index is 0.322. The lowest BCUT2D eigenvalue weighted by atomic mass is 10.0.